The summed E-state index contributed by atoms with van der Waals surface area (Å²) in [6.45, 7) is 2.04. The second kappa shape index (κ2) is 6.17. The van der Waals surface area contributed by atoms with Crippen molar-refractivity contribution >= 4 is 19.9 Å². The van der Waals surface area contributed by atoms with Gasteiger partial charge in [0, 0.05) is 12.8 Å². The van der Waals surface area contributed by atoms with Gasteiger partial charge < -0.3 is 5.73 Å². The number of sulfone groups is 1. The van der Waals surface area contributed by atoms with Crippen LogP contribution >= 0.6 is 0 Å². The van der Waals surface area contributed by atoms with Crippen molar-refractivity contribution < 1.29 is 21.2 Å². The van der Waals surface area contributed by atoms with E-state index in [9.17, 15) is 21.2 Å². The Hall–Kier alpha value is -1.03. The Balaban J connectivity index is 3.18. The fourth-order valence-corrected chi connectivity index (χ4v) is 3.32. The Kier molecular flexibility index (Phi) is 5.25. The number of hydrogen-bond donors (Lipinski definition) is 2. The summed E-state index contributed by atoms with van der Waals surface area (Å²) in [4.78, 5) is -0.948. The second-order valence-corrected chi connectivity index (χ2v) is 8.31. The molecule has 1 aromatic carbocycles. The molecule has 0 aliphatic carbocycles. The maximum atomic E-state index is 13.6. The SMILES string of the molecule is CC(CN)CNS(=O)(=O)c1cc(S(C)(=O)=O)ccc1F. The van der Waals surface area contributed by atoms with Crippen LogP contribution in [0.3, 0.4) is 0 Å². The van der Waals surface area contributed by atoms with Gasteiger partial charge in [-0.05, 0) is 30.7 Å². The largest absolute Gasteiger partial charge is 0.330 e. The molecule has 1 unspecified atom stereocenters. The maximum Gasteiger partial charge on any atom is 0.243 e. The second-order valence-electron chi connectivity index (χ2n) is 4.56. The van der Waals surface area contributed by atoms with Gasteiger partial charge in [-0.2, -0.15) is 0 Å². The van der Waals surface area contributed by atoms with E-state index in [-0.39, 0.29) is 23.9 Å². The fraction of sp³-hybridized carbons (Fsp3) is 0.455. The van der Waals surface area contributed by atoms with E-state index in [2.05, 4.69) is 4.72 Å². The molecule has 9 heteroatoms. The van der Waals surface area contributed by atoms with E-state index in [1.54, 1.807) is 6.92 Å². The molecule has 20 heavy (non-hydrogen) atoms. The monoisotopic (exact) mass is 324 g/mol. The first-order chi connectivity index (χ1) is 9.08. The number of sulfonamides is 1. The van der Waals surface area contributed by atoms with Crippen LogP contribution in [-0.4, -0.2) is 36.2 Å². The Morgan fingerprint density at radius 1 is 1.30 bits per heavy atom. The Labute approximate surface area is 118 Å². The highest BCUT2D eigenvalue weighted by Crippen LogP contribution is 2.19. The molecule has 1 aromatic rings. The van der Waals surface area contributed by atoms with Gasteiger partial charge in [-0.3, -0.25) is 0 Å². The molecule has 114 valence electrons. The first kappa shape index (κ1) is 17.0. The van der Waals surface area contributed by atoms with Gasteiger partial charge in [0.05, 0.1) is 4.90 Å². The highest BCUT2D eigenvalue weighted by molar-refractivity contribution is 7.91. The van der Waals surface area contributed by atoms with E-state index in [0.29, 0.717) is 0 Å². The molecule has 6 nitrogen and oxygen atoms in total. The van der Waals surface area contributed by atoms with Crippen molar-refractivity contribution in [2.24, 2.45) is 11.7 Å². The molecular formula is C11H17FN2O4S2. The predicted octanol–water partition coefficient (Wildman–Crippen LogP) is 0.102. The smallest absolute Gasteiger partial charge is 0.243 e. The topological polar surface area (TPSA) is 106 Å². The summed E-state index contributed by atoms with van der Waals surface area (Å²) in [6.07, 6.45) is 0.917. The highest BCUT2D eigenvalue weighted by Gasteiger charge is 2.22. The first-order valence-electron chi connectivity index (χ1n) is 5.77. The average Bonchev–Trinajstić information content (AvgIpc) is 2.34. The zero-order valence-electron chi connectivity index (χ0n) is 11.1. The summed E-state index contributed by atoms with van der Waals surface area (Å²) in [6, 6.07) is 2.64. The molecule has 0 fully saturated rings. The Morgan fingerprint density at radius 2 is 1.90 bits per heavy atom. The van der Waals surface area contributed by atoms with Crippen molar-refractivity contribution in [3.63, 3.8) is 0 Å². The molecule has 0 heterocycles. The number of halogens is 1. The van der Waals surface area contributed by atoms with Crippen molar-refractivity contribution in [3.05, 3.63) is 24.0 Å². The van der Waals surface area contributed by atoms with Crippen LogP contribution in [0.2, 0.25) is 0 Å². The number of nitrogens with one attached hydrogen (secondary N) is 1. The molecule has 1 atom stereocenters. The van der Waals surface area contributed by atoms with Crippen LogP contribution in [0.4, 0.5) is 4.39 Å². The van der Waals surface area contributed by atoms with E-state index >= 15 is 0 Å². The van der Waals surface area contributed by atoms with Gasteiger partial charge in [0.15, 0.2) is 9.84 Å². The van der Waals surface area contributed by atoms with Crippen LogP contribution in [0.25, 0.3) is 0 Å². The molecule has 0 amide bonds. The molecule has 0 aromatic heterocycles. The molecule has 0 aliphatic heterocycles. The van der Waals surface area contributed by atoms with Gasteiger partial charge in [-0.1, -0.05) is 6.92 Å². The minimum absolute atomic E-state index is 0.0430. The van der Waals surface area contributed by atoms with Crippen molar-refractivity contribution in [2.75, 3.05) is 19.3 Å². The van der Waals surface area contributed by atoms with Crippen LogP contribution in [0.1, 0.15) is 6.92 Å². The van der Waals surface area contributed by atoms with Gasteiger partial charge in [0.25, 0.3) is 0 Å². The minimum atomic E-state index is -4.12. The zero-order valence-corrected chi connectivity index (χ0v) is 12.8. The molecule has 3 N–H and O–H groups in total. The maximum absolute atomic E-state index is 13.6. The molecule has 0 spiro atoms. The Morgan fingerprint density at radius 3 is 2.40 bits per heavy atom. The highest BCUT2D eigenvalue weighted by atomic mass is 32.2. The third-order valence-electron chi connectivity index (χ3n) is 2.64. The standard InChI is InChI=1S/C11H17FN2O4S2/c1-8(6-13)7-14-20(17,18)11-5-9(19(2,15)16)3-4-10(11)12/h3-5,8,14H,6-7,13H2,1-2H3. The molecule has 1 rings (SSSR count). The van der Waals surface area contributed by atoms with Crippen molar-refractivity contribution in [1.82, 2.24) is 4.72 Å². The lowest BCUT2D eigenvalue weighted by atomic mass is 10.2. The quantitative estimate of drug-likeness (QED) is 0.722. The molecule has 0 bridgehead atoms. The van der Waals surface area contributed by atoms with Gasteiger partial charge >= 0.3 is 0 Å². The van der Waals surface area contributed by atoms with Gasteiger partial charge in [-0.15, -0.1) is 0 Å². The van der Waals surface area contributed by atoms with E-state index in [1.807, 2.05) is 0 Å². The normalized spacial score (nSPS) is 14.2. The number of rotatable bonds is 6. The van der Waals surface area contributed by atoms with Crippen LogP contribution in [0.15, 0.2) is 28.0 Å². The van der Waals surface area contributed by atoms with Crippen LogP contribution in [0.5, 0.6) is 0 Å². The minimum Gasteiger partial charge on any atom is -0.330 e. The lowest BCUT2D eigenvalue weighted by Gasteiger charge is -2.12. The van der Waals surface area contributed by atoms with Crippen LogP contribution in [-0.2, 0) is 19.9 Å². The number of hydrogen-bond acceptors (Lipinski definition) is 5. The van der Waals surface area contributed by atoms with Crippen molar-refractivity contribution in [1.29, 1.82) is 0 Å². The molecule has 0 saturated heterocycles. The molecule has 0 aliphatic rings. The van der Waals surface area contributed by atoms with Crippen LogP contribution in [0, 0.1) is 11.7 Å². The summed E-state index contributed by atoms with van der Waals surface area (Å²) in [5.41, 5.74) is 5.36. The van der Waals surface area contributed by atoms with Gasteiger partial charge in [0.1, 0.15) is 10.7 Å². The number of benzene rings is 1. The van der Waals surface area contributed by atoms with Gasteiger partial charge in [0.2, 0.25) is 10.0 Å². The molecule has 0 radical (unpaired) electrons. The third kappa shape index (κ3) is 4.23. The van der Waals surface area contributed by atoms with E-state index in [1.165, 1.54) is 0 Å². The lowest BCUT2D eigenvalue weighted by molar-refractivity contribution is 0.533. The summed E-state index contributed by atoms with van der Waals surface area (Å²) in [5.74, 6) is -1.13. The predicted molar refractivity (Wildman–Crippen MR) is 72.9 cm³/mol. The molecular weight excluding hydrogens is 307 g/mol. The summed E-state index contributed by atoms with van der Waals surface area (Å²) in [5, 5.41) is 0. The zero-order chi connectivity index (χ0) is 15.6. The third-order valence-corrected chi connectivity index (χ3v) is 5.19. The Bertz CT molecular complexity index is 686. The van der Waals surface area contributed by atoms with E-state index in [0.717, 1.165) is 24.5 Å². The van der Waals surface area contributed by atoms with Crippen LogP contribution < -0.4 is 10.5 Å². The van der Waals surface area contributed by atoms with E-state index in [4.69, 9.17) is 5.73 Å². The lowest BCUT2D eigenvalue weighted by Crippen LogP contribution is -2.31. The first-order valence-corrected chi connectivity index (χ1v) is 9.14. The fourth-order valence-electron chi connectivity index (χ4n) is 1.33. The van der Waals surface area contributed by atoms with E-state index < -0.39 is 30.6 Å². The summed E-state index contributed by atoms with van der Waals surface area (Å²) < 4.78 is 62.5. The summed E-state index contributed by atoms with van der Waals surface area (Å²) >= 11 is 0. The summed E-state index contributed by atoms with van der Waals surface area (Å²) in [7, 11) is -7.74. The average molecular weight is 324 g/mol. The van der Waals surface area contributed by atoms with Gasteiger partial charge in [-0.25, -0.2) is 25.9 Å². The number of nitrogens with two attached hydrogens (primary N) is 1. The van der Waals surface area contributed by atoms with Crippen molar-refractivity contribution in [3.8, 4) is 0 Å². The van der Waals surface area contributed by atoms with Crippen molar-refractivity contribution in [2.45, 2.75) is 16.7 Å². The molecule has 0 saturated carbocycles.